The van der Waals surface area contributed by atoms with E-state index in [0.29, 0.717) is 5.38 Å². The predicted octanol–water partition coefficient (Wildman–Crippen LogP) is 6.43. The molecule has 0 aromatic heterocycles. The molecule has 0 radical (unpaired) electrons. The highest BCUT2D eigenvalue weighted by Crippen LogP contribution is 2.14. The maximum atomic E-state index is 5.92. The SMILES string of the molecule is CCCCCCCCCCCCCCCC(C)Cl.N.O. The van der Waals surface area contributed by atoms with Crippen molar-refractivity contribution in [1.29, 1.82) is 0 Å². The zero-order valence-corrected chi connectivity index (χ0v) is 14.8. The lowest BCUT2D eigenvalue weighted by molar-refractivity contribution is 0.535. The van der Waals surface area contributed by atoms with Crippen molar-refractivity contribution in [2.45, 2.75) is 109 Å². The Labute approximate surface area is 132 Å². The highest BCUT2D eigenvalue weighted by molar-refractivity contribution is 6.20. The van der Waals surface area contributed by atoms with E-state index >= 15 is 0 Å². The summed E-state index contributed by atoms with van der Waals surface area (Å²) in [6, 6.07) is 0. The molecule has 0 amide bonds. The van der Waals surface area contributed by atoms with Crippen LogP contribution in [0.4, 0.5) is 0 Å². The normalized spacial score (nSPS) is 11.6. The molecule has 0 rings (SSSR count). The first-order valence-corrected chi connectivity index (χ1v) is 8.85. The lowest BCUT2D eigenvalue weighted by atomic mass is 10.0. The lowest BCUT2D eigenvalue weighted by Crippen LogP contribution is -1.90. The molecule has 0 heterocycles. The third-order valence-corrected chi connectivity index (χ3v) is 3.92. The number of rotatable bonds is 14. The van der Waals surface area contributed by atoms with E-state index in [9.17, 15) is 0 Å². The lowest BCUT2D eigenvalue weighted by Gasteiger charge is -2.04. The molecular formula is C17H40ClNO. The van der Waals surface area contributed by atoms with Crippen LogP contribution in [0.25, 0.3) is 0 Å². The first-order chi connectivity index (χ1) is 8.77. The van der Waals surface area contributed by atoms with E-state index in [1.807, 2.05) is 0 Å². The quantitative estimate of drug-likeness (QED) is 0.291. The van der Waals surface area contributed by atoms with Gasteiger partial charge in [-0.3, -0.25) is 0 Å². The summed E-state index contributed by atoms with van der Waals surface area (Å²) in [6.07, 6.45) is 19.8. The van der Waals surface area contributed by atoms with Crippen LogP contribution in [-0.4, -0.2) is 10.9 Å². The van der Waals surface area contributed by atoms with Crippen molar-refractivity contribution < 1.29 is 5.48 Å². The van der Waals surface area contributed by atoms with E-state index in [0.717, 1.165) is 0 Å². The van der Waals surface area contributed by atoms with Gasteiger partial charge in [-0.05, 0) is 13.3 Å². The van der Waals surface area contributed by atoms with E-state index in [1.54, 1.807) is 0 Å². The largest absolute Gasteiger partial charge is 0.412 e. The number of hydrogen-bond acceptors (Lipinski definition) is 1. The summed E-state index contributed by atoms with van der Waals surface area (Å²) < 4.78 is 0. The molecule has 1 unspecified atom stereocenters. The zero-order chi connectivity index (χ0) is 13.5. The highest BCUT2D eigenvalue weighted by Gasteiger charge is 1.96. The molecule has 0 bridgehead atoms. The second kappa shape index (κ2) is 21.5. The summed E-state index contributed by atoms with van der Waals surface area (Å²) in [5.41, 5.74) is 0. The monoisotopic (exact) mass is 309 g/mol. The molecule has 0 saturated heterocycles. The Kier molecular flexibility index (Phi) is 27.1. The van der Waals surface area contributed by atoms with E-state index in [1.165, 1.54) is 89.9 Å². The van der Waals surface area contributed by atoms with Crippen LogP contribution < -0.4 is 6.15 Å². The van der Waals surface area contributed by atoms with Crippen LogP contribution in [0.15, 0.2) is 0 Å². The maximum Gasteiger partial charge on any atom is 0.0307 e. The average molecular weight is 310 g/mol. The van der Waals surface area contributed by atoms with Gasteiger partial charge in [0, 0.05) is 5.38 Å². The summed E-state index contributed by atoms with van der Waals surface area (Å²) in [5, 5.41) is 0.373. The third kappa shape index (κ3) is 23.3. The Morgan fingerprint density at radius 3 is 1.25 bits per heavy atom. The van der Waals surface area contributed by atoms with Gasteiger partial charge in [-0.25, -0.2) is 0 Å². The van der Waals surface area contributed by atoms with Crippen LogP contribution in [0.1, 0.15) is 104 Å². The molecule has 0 aliphatic heterocycles. The molecular weight excluding hydrogens is 270 g/mol. The molecule has 0 aromatic rings. The number of alkyl halides is 1. The predicted molar refractivity (Wildman–Crippen MR) is 94.3 cm³/mol. The summed E-state index contributed by atoms with van der Waals surface area (Å²) in [7, 11) is 0. The van der Waals surface area contributed by atoms with Crippen LogP contribution in [0.5, 0.6) is 0 Å². The van der Waals surface area contributed by atoms with Gasteiger partial charge in [-0.15, -0.1) is 11.6 Å². The Bertz CT molecular complexity index is 154. The highest BCUT2D eigenvalue weighted by atomic mass is 35.5. The fourth-order valence-corrected chi connectivity index (χ4v) is 2.60. The van der Waals surface area contributed by atoms with Gasteiger partial charge in [0.25, 0.3) is 0 Å². The van der Waals surface area contributed by atoms with E-state index in [2.05, 4.69) is 13.8 Å². The van der Waals surface area contributed by atoms with Crippen molar-refractivity contribution in [3.05, 3.63) is 0 Å². The summed E-state index contributed by atoms with van der Waals surface area (Å²) in [6.45, 7) is 4.38. The second-order valence-electron chi connectivity index (χ2n) is 5.81. The van der Waals surface area contributed by atoms with Gasteiger partial charge in [0.15, 0.2) is 0 Å². The van der Waals surface area contributed by atoms with Crippen LogP contribution in [0, 0.1) is 0 Å². The van der Waals surface area contributed by atoms with E-state index < -0.39 is 0 Å². The minimum absolute atomic E-state index is 0. The van der Waals surface area contributed by atoms with Crippen LogP contribution in [-0.2, 0) is 0 Å². The van der Waals surface area contributed by atoms with E-state index in [4.69, 9.17) is 11.6 Å². The molecule has 5 N–H and O–H groups in total. The van der Waals surface area contributed by atoms with Crippen molar-refractivity contribution >= 4 is 11.6 Å². The molecule has 0 spiro atoms. The van der Waals surface area contributed by atoms with Gasteiger partial charge < -0.3 is 11.6 Å². The molecule has 0 aliphatic carbocycles. The summed E-state index contributed by atoms with van der Waals surface area (Å²) >= 11 is 5.92. The smallest absolute Gasteiger partial charge is 0.0307 e. The van der Waals surface area contributed by atoms with Gasteiger partial charge in [-0.1, -0.05) is 90.4 Å². The minimum atomic E-state index is 0. The minimum Gasteiger partial charge on any atom is -0.412 e. The fraction of sp³-hybridized carbons (Fsp3) is 1.00. The van der Waals surface area contributed by atoms with Crippen molar-refractivity contribution in [2.24, 2.45) is 0 Å². The maximum absolute atomic E-state index is 5.92. The molecule has 0 fully saturated rings. The summed E-state index contributed by atoms with van der Waals surface area (Å²) in [5.74, 6) is 0. The van der Waals surface area contributed by atoms with E-state index in [-0.39, 0.29) is 11.6 Å². The van der Waals surface area contributed by atoms with Gasteiger partial charge in [0.05, 0.1) is 0 Å². The molecule has 0 saturated carbocycles. The van der Waals surface area contributed by atoms with Crippen LogP contribution >= 0.6 is 11.6 Å². The molecule has 2 nitrogen and oxygen atoms in total. The summed E-state index contributed by atoms with van der Waals surface area (Å²) in [4.78, 5) is 0. The van der Waals surface area contributed by atoms with Crippen molar-refractivity contribution in [2.75, 3.05) is 0 Å². The Morgan fingerprint density at radius 2 is 0.950 bits per heavy atom. The van der Waals surface area contributed by atoms with Crippen LogP contribution in [0.3, 0.4) is 0 Å². The van der Waals surface area contributed by atoms with Gasteiger partial charge in [-0.2, -0.15) is 0 Å². The van der Waals surface area contributed by atoms with Crippen molar-refractivity contribution in [3.63, 3.8) is 0 Å². The second-order valence-corrected chi connectivity index (χ2v) is 6.56. The molecule has 0 aliphatic rings. The van der Waals surface area contributed by atoms with Gasteiger partial charge in [0.1, 0.15) is 0 Å². The first-order valence-electron chi connectivity index (χ1n) is 8.41. The zero-order valence-electron chi connectivity index (χ0n) is 14.1. The fourth-order valence-electron chi connectivity index (χ4n) is 2.44. The molecule has 3 heteroatoms. The standard InChI is InChI=1S/C17H35Cl.H3N.H2O/c1-3-4-5-6-7-8-9-10-11-12-13-14-15-16-17(2)18;;/h17H,3-16H2,1-2H3;1H3;1H2. The van der Waals surface area contributed by atoms with Crippen molar-refractivity contribution in [3.8, 4) is 0 Å². The molecule has 20 heavy (non-hydrogen) atoms. The third-order valence-electron chi connectivity index (χ3n) is 3.71. The molecule has 0 aromatic carbocycles. The van der Waals surface area contributed by atoms with Crippen LogP contribution in [0.2, 0.25) is 0 Å². The number of unbranched alkanes of at least 4 members (excludes halogenated alkanes) is 12. The van der Waals surface area contributed by atoms with Crippen molar-refractivity contribution in [1.82, 2.24) is 6.15 Å². The van der Waals surface area contributed by atoms with Gasteiger partial charge >= 0.3 is 0 Å². The molecule has 126 valence electrons. The number of halogens is 1. The first kappa shape index (κ1) is 25.2. The molecule has 1 atom stereocenters. The number of hydrogen-bond donors (Lipinski definition) is 1. The Morgan fingerprint density at radius 1 is 0.650 bits per heavy atom. The Balaban J connectivity index is -0.00000144. The van der Waals surface area contributed by atoms with Gasteiger partial charge in [0.2, 0.25) is 0 Å². The average Bonchev–Trinajstić information content (AvgIpc) is 2.34. The topological polar surface area (TPSA) is 66.5 Å². The Hall–Kier alpha value is 0.210.